The van der Waals surface area contributed by atoms with E-state index >= 15 is 0 Å². The van der Waals surface area contributed by atoms with E-state index in [9.17, 15) is 4.79 Å². The number of rotatable bonds is 4. The molecule has 0 saturated carbocycles. The molecule has 0 bridgehead atoms. The van der Waals surface area contributed by atoms with Crippen molar-refractivity contribution >= 4 is 45.5 Å². The van der Waals surface area contributed by atoms with Crippen molar-refractivity contribution in [3.05, 3.63) is 57.6 Å². The Balaban J connectivity index is 1.92. The van der Waals surface area contributed by atoms with Crippen molar-refractivity contribution in [1.29, 1.82) is 0 Å². The average molecular weight is 434 g/mol. The number of amides is 1. The van der Waals surface area contributed by atoms with E-state index in [1.807, 2.05) is 42.8 Å². The van der Waals surface area contributed by atoms with Gasteiger partial charge in [-0.3, -0.25) is 4.79 Å². The van der Waals surface area contributed by atoms with Crippen molar-refractivity contribution in [3.63, 3.8) is 0 Å². The molecule has 0 spiro atoms. The summed E-state index contributed by atoms with van der Waals surface area (Å²) >= 11 is 3.98. The molecular formula is C18H15IN2OS. The van der Waals surface area contributed by atoms with Gasteiger partial charge in [-0.05, 0) is 58.0 Å². The number of thiazole rings is 1. The molecule has 0 aliphatic carbocycles. The van der Waals surface area contributed by atoms with Crippen molar-refractivity contribution in [2.75, 3.05) is 5.32 Å². The summed E-state index contributed by atoms with van der Waals surface area (Å²) in [5, 5.41) is 5.88. The fourth-order valence-electron chi connectivity index (χ4n) is 2.23. The highest BCUT2D eigenvalue weighted by atomic mass is 127. The molecular weight excluding hydrogens is 419 g/mol. The monoisotopic (exact) mass is 434 g/mol. The molecule has 3 nitrogen and oxygen atoms in total. The van der Waals surface area contributed by atoms with Gasteiger partial charge < -0.3 is 5.32 Å². The summed E-state index contributed by atoms with van der Waals surface area (Å²) in [5.41, 5.74) is 4.25. The fourth-order valence-corrected chi connectivity index (χ4v) is 3.51. The van der Waals surface area contributed by atoms with E-state index in [-0.39, 0.29) is 5.91 Å². The molecule has 5 heteroatoms. The molecule has 2 aromatic carbocycles. The van der Waals surface area contributed by atoms with Crippen molar-refractivity contribution in [3.8, 4) is 21.7 Å². The van der Waals surface area contributed by atoms with E-state index in [1.165, 1.54) is 9.13 Å². The first-order valence-electron chi connectivity index (χ1n) is 7.27. The molecule has 23 heavy (non-hydrogen) atoms. The van der Waals surface area contributed by atoms with Crippen LogP contribution in [0.5, 0.6) is 0 Å². The molecule has 0 aliphatic heterocycles. The molecule has 116 valence electrons. The topological polar surface area (TPSA) is 42.0 Å². The smallest absolute Gasteiger partial charge is 0.224 e. The molecule has 1 N–H and O–H groups in total. The summed E-state index contributed by atoms with van der Waals surface area (Å²) in [6, 6.07) is 14.3. The van der Waals surface area contributed by atoms with Gasteiger partial charge in [-0.2, -0.15) is 0 Å². The van der Waals surface area contributed by atoms with Gasteiger partial charge in [0.05, 0.1) is 0 Å². The zero-order valence-corrected chi connectivity index (χ0v) is 15.5. The molecule has 0 aliphatic rings. The highest BCUT2D eigenvalue weighted by molar-refractivity contribution is 14.1. The number of hydrogen-bond acceptors (Lipinski definition) is 3. The van der Waals surface area contributed by atoms with E-state index in [0.717, 1.165) is 21.8 Å². The fraction of sp³-hybridized carbons (Fsp3) is 0.111. The van der Waals surface area contributed by atoms with Crippen LogP contribution in [0.25, 0.3) is 21.7 Å². The van der Waals surface area contributed by atoms with Crippen LogP contribution in [0.1, 0.15) is 13.3 Å². The molecule has 3 rings (SSSR count). The first-order valence-corrected chi connectivity index (χ1v) is 9.23. The highest BCUT2D eigenvalue weighted by Gasteiger charge is 2.08. The maximum atomic E-state index is 11.4. The Morgan fingerprint density at radius 2 is 1.91 bits per heavy atom. The minimum atomic E-state index is 0.0260. The third-order valence-electron chi connectivity index (χ3n) is 3.45. The first-order chi connectivity index (χ1) is 11.2. The maximum Gasteiger partial charge on any atom is 0.224 e. The number of hydrogen-bond donors (Lipinski definition) is 1. The van der Waals surface area contributed by atoms with Gasteiger partial charge in [-0.25, -0.2) is 4.98 Å². The minimum absolute atomic E-state index is 0.0260. The lowest BCUT2D eigenvalue weighted by atomic mass is 10.0. The first kappa shape index (κ1) is 16.1. The quantitative estimate of drug-likeness (QED) is 0.557. The van der Waals surface area contributed by atoms with Crippen LogP contribution >= 0.6 is 33.9 Å². The van der Waals surface area contributed by atoms with E-state index in [1.54, 1.807) is 11.3 Å². The summed E-state index contributed by atoms with van der Waals surface area (Å²) in [6.07, 6.45) is 2.30. The van der Waals surface area contributed by atoms with Crippen LogP contribution in [-0.4, -0.2) is 10.9 Å². The summed E-state index contributed by atoms with van der Waals surface area (Å²) in [6.45, 7) is 1.84. The Morgan fingerprint density at radius 1 is 1.17 bits per heavy atom. The van der Waals surface area contributed by atoms with E-state index in [4.69, 9.17) is 0 Å². The van der Waals surface area contributed by atoms with Crippen LogP contribution in [0, 0.1) is 3.57 Å². The number of halogens is 1. The molecule has 0 saturated heterocycles. The molecule has 1 aromatic heterocycles. The van der Waals surface area contributed by atoms with Gasteiger partial charge in [-0.15, -0.1) is 11.3 Å². The second-order valence-electron chi connectivity index (χ2n) is 5.01. The third kappa shape index (κ3) is 3.79. The normalized spacial score (nSPS) is 10.5. The Bertz CT molecular complexity index is 814. The lowest BCUT2D eigenvalue weighted by molar-refractivity contribution is -0.115. The van der Waals surface area contributed by atoms with Crippen LogP contribution in [-0.2, 0) is 4.79 Å². The number of anilines is 1. The van der Waals surface area contributed by atoms with Gasteiger partial charge >= 0.3 is 0 Å². The van der Waals surface area contributed by atoms with Crippen LogP contribution in [0.2, 0.25) is 0 Å². The van der Waals surface area contributed by atoms with Crippen LogP contribution < -0.4 is 5.32 Å². The third-order valence-corrected chi connectivity index (χ3v) is 5.21. The molecule has 0 radical (unpaired) electrons. The predicted octanol–water partition coefficient (Wildman–Crippen LogP) is 5.43. The number of nitrogens with one attached hydrogen (secondary N) is 1. The Morgan fingerprint density at radius 3 is 2.57 bits per heavy atom. The van der Waals surface area contributed by atoms with Crippen molar-refractivity contribution in [2.45, 2.75) is 13.3 Å². The van der Waals surface area contributed by atoms with E-state index < -0.39 is 0 Å². The predicted molar refractivity (Wildman–Crippen MR) is 105 cm³/mol. The van der Waals surface area contributed by atoms with Crippen LogP contribution in [0.15, 0.2) is 54.0 Å². The zero-order chi connectivity index (χ0) is 16.2. The van der Waals surface area contributed by atoms with Crippen LogP contribution in [0.4, 0.5) is 5.69 Å². The molecule has 0 unspecified atom stereocenters. The molecule has 0 fully saturated rings. The second-order valence-corrected chi connectivity index (χ2v) is 7.07. The number of carbonyl (C=O) groups is 1. The van der Waals surface area contributed by atoms with Gasteiger partial charge in [0.25, 0.3) is 0 Å². The lowest BCUT2D eigenvalue weighted by Gasteiger charge is -2.09. The Kier molecular flexibility index (Phi) is 5.07. The number of nitrogens with zero attached hydrogens (tertiary/aromatic N) is 1. The largest absolute Gasteiger partial charge is 0.326 e. The minimum Gasteiger partial charge on any atom is -0.326 e. The summed E-state index contributed by atoms with van der Waals surface area (Å²) in [5.74, 6) is 0.0260. The van der Waals surface area contributed by atoms with Gasteiger partial charge in [0.2, 0.25) is 5.91 Å². The zero-order valence-electron chi connectivity index (χ0n) is 12.5. The second kappa shape index (κ2) is 7.23. The molecule has 0 atom stereocenters. The summed E-state index contributed by atoms with van der Waals surface area (Å²) in [7, 11) is 0. The van der Waals surface area contributed by atoms with Crippen molar-refractivity contribution in [1.82, 2.24) is 4.98 Å². The van der Waals surface area contributed by atoms with Crippen molar-refractivity contribution in [2.24, 2.45) is 0 Å². The number of aromatic nitrogens is 1. The lowest BCUT2D eigenvalue weighted by Crippen LogP contribution is -2.09. The summed E-state index contributed by atoms with van der Waals surface area (Å²) < 4.78 is 1.19. The molecule has 1 amide bonds. The Labute approximate surface area is 152 Å². The van der Waals surface area contributed by atoms with Crippen LogP contribution in [0.3, 0.4) is 0 Å². The van der Waals surface area contributed by atoms with E-state index in [0.29, 0.717) is 6.42 Å². The van der Waals surface area contributed by atoms with Gasteiger partial charge in [0.15, 0.2) is 0 Å². The summed E-state index contributed by atoms with van der Waals surface area (Å²) in [4.78, 5) is 15.8. The van der Waals surface area contributed by atoms with Gasteiger partial charge in [-0.1, -0.05) is 25.1 Å². The number of carbonyl (C=O) groups excluding carboxylic acids is 1. The average Bonchev–Trinajstić information content (AvgIpc) is 3.10. The van der Waals surface area contributed by atoms with Crippen molar-refractivity contribution < 1.29 is 4.79 Å². The number of benzene rings is 2. The highest BCUT2D eigenvalue weighted by Crippen LogP contribution is 2.32. The van der Waals surface area contributed by atoms with Gasteiger partial charge in [0.1, 0.15) is 5.01 Å². The standard InChI is InChI=1S/C18H15IN2OS/c1-2-17(22)21-14-6-3-12(4-7-14)15-11-13(5-8-16(15)19)18-20-9-10-23-18/h3-11H,2H2,1H3,(H,21,22). The SMILES string of the molecule is CCC(=O)Nc1ccc(-c2cc(-c3nccs3)ccc2I)cc1. The van der Waals surface area contributed by atoms with Gasteiger partial charge in [0, 0.05) is 32.8 Å². The molecule has 1 heterocycles. The van der Waals surface area contributed by atoms with E-state index in [2.05, 4.69) is 51.1 Å². The molecule has 3 aromatic rings. The Hall–Kier alpha value is -1.73. The maximum absolute atomic E-state index is 11.4.